The molecule has 0 amide bonds. The summed E-state index contributed by atoms with van der Waals surface area (Å²) in [5, 5.41) is 9.30. The van der Waals surface area contributed by atoms with E-state index in [1.54, 1.807) is 54.8 Å². The topological polar surface area (TPSA) is 49.7 Å². The second-order valence-corrected chi connectivity index (χ2v) is 6.56. The highest BCUT2D eigenvalue weighted by atomic mass is 79.9. The number of aliphatic imine (C=N–C) groups is 1. The zero-order chi connectivity index (χ0) is 18.4. The molecule has 0 atom stereocenters. The monoisotopic (exact) mass is 405 g/mol. The summed E-state index contributed by atoms with van der Waals surface area (Å²) in [6, 6.07) is 21.7. The molecule has 0 radical (unpaired) electrons. The smallest absolute Gasteiger partial charge is 0.185 e. The molecule has 0 spiro atoms. The Hall–Kier alpha value is -2.98. The number of halogens is 1. The van der Waals surface area contributed by atoms with Gasteiger partial charge in [0.15, 0.2) is 5.78 Å². The van der Waals surface area contributed by atoms with Crippen LogP contribution in [0.3, 0.4) is 0 Å². The van der Waals surface area contributed by atoms with Gasteiger partial charge >= 0.3 is 0 Å². The molecule has 1 N–H and O–H groups in total. The normalized spacial score (nSPS) is 11.3. The van der Waals surface area contributed by atoms with Crippen LogP contribution in [0.2, 0.25) is 0 Å². The summed E-state index contributed by atoms with van der Waals surface area (Å²) in [5.74, 6) is 0.141. The number of hydrogen-bond acceptors (Lipinski definition) is 3. The maximum Gasteiger partial charge on any atom is 0.185 e. The van der Waals surface area contributed by atoms with Crippen molar-refractivity contribution in [2.24, 2.45) is 4.99 Å². The van der Waals surface area contributed by atoms with Crippen molar-refractivity contribution in [2.45, 2.75) is 0 Å². The number of phenolic OH excluding ortho intramolecular Hbond substituents is 1. The van der Waals surface area contributed by atoms with Crippen LogP contribution in [0.1, 0.15) is 21.5 Å². The first-order chi connectivity index (χ1) is 12.6. The van der Waals surface area contributed by atoms with E-state index in [1.165, 1.54) is 0 Å². The number of ketones is 1. The number of carbonyl (C=O) groups is 1. The van der Waals surface area contributed by atoms with Crippen LogP contribution in [0.25, 0.3) is 6.08 Å². The van der Waals surface area contributed by atoms with E-state index in [4.69, 9.17) is 0 Å². The van der Waals surface area contributed by atoms with Crippen LogP contribution in [0.5, 0.6) is 5.75 Å². The Bertz CT molecular complexity index is 958. The average molecular weight is 406 g/mol. The van der Waals surface area contributed by atoms with Crippen molar-refractivity contribution in [3.05, 3.63) is 100 Å². The first-order valence-corrected chi connectivity index (χ1v) is 8.80. The van der Waals surface area contributed by atoms with Gasteiger partial charge in [0, 0.05) is 16.3 Å². The van der Waals surface area contributed by atoms with Crippen LogP contribution in [-0.2, 0) is 0 Å². The molecule has 26 heavy (non-hydrogen) atoms. The van der Waals surface area contributed by atoms with Crippen LogP contribution >= 0.6 is 15.9 Å². The number of phenols is 1. The molecule has 0 unspecified atom stereocenters. The molecule has 0 aliphatic heterocycles. The summed E-state index contributed by atoms with van der Waals surface area (Å²) in [6.07, 6.45) is 5.05. The van der Waals surface area contributed by atoms with Gasteiger partial charge in [-0.2, -0.15) is 0 Å². The maximum absolute atomic E-state index is 12.4. The Balaban J connectivity index is 1.72. The second kappa shape index (κ2) is 8.41. The van der Waals surface area contributed by atoms with Crippen LogP contribution in [-0.4, -0.2) is 17.1 Å². The van der Waals surface area contributed by atoms with Crippen LogP contribution in [0.4, 0.5) is 5.69 Å². The van der Waals surface area contributed by atoms with Gasteiger partial charge in [0.05, 0.1) is 5.69 Å². The SMILES string of the molecule is O=C(/C=C/c1ccc(Br)cc1)c1cccc(N=Cc2ccc(O)cc2)c1. The summed E-state index contributed by atoms with van der Waals surface area (Å²) in [7, 11) is 0. The van der Waals surface area contributed by atoms with Crippen molar-refractivity contribution in [3.8, 4) is 5.75 Å². The number of carbonyl (C=O) groups excluding carboxylic acids is 1. The third-order valence-electron chi connectivity index (χ3n) is 3.68. The molecular formula is C22H16BrNO2. The van der Waals surface area contributed by atoms with Crippen molar-refractivity contribution in [3.63, 3.8) is 0 Å². The number of aromatic hydroxyl groups is 1. The molecule has 3 rings (SSSR count). The lowest BCUT2D eigenvalue weighted by Crippen LogP contribution is -1.93. The van der Waals surface area contributed by atoms with Crippen LogP contribution in [0, 0.1) is 0 Å². The number of allylic oxidation sites excluding steroid dienone is 1. The van der Waals surface area contributed by atoms with Gasteiger partial charge in [-0.1, -0.05) is 46.3 Å². The van der Waals surface area contributed by atoms with Crippen LogP contribution in [0.15, 0.2) is 88.3 Å². The van der Waals surface area contributed by atoms with E-state index in [0.717, 1.165) is 15.6 Å². The maximum atomic E-state index is 12.4. The van der Waals surface area contributed by atoms with Gasteiger partial charge in [-0.3, -0.25) is 9.79 Å². The summed E-state index contributed by atoms with van der Waals surface area (Å²) < 4.78 is 1.00. The number of benzene rings is 3. The summed E-state index contributed by atoms with van der Waals surface area (Å²) in [6.45, 7) is 0. The molecule has 0 heterocycles. The first-order valence-electron chi connectivity index (χ1n) is 8.01. The van der Waals surface area contributed by atoms with Gasteiger partial charge in [-0.05, 0) is 65.7 Å². The first kappa shape index (κ1) is 17.8. The quantitative estimate of drug-likeness (QED) is 0.331. The molecule has 4 heteroatoms. The average Bonchev–Trinajstić information content (AvgIpc) is 2.67. The third kappa shape index (κ3) is 5.01. The molecule has 3 aromatic rings. The fourth-order valence-corrected chi connectivity index (χ4v) is 2.56. The third-order valence-corrected chi connectivity index (χ3v) is 4.21. The van der Waals surface area contributed by atoms with Gasteiger partial charge in [0.2, 0.25) is 0 Å². The Morgan fingerprint density at radius 3 is 2.35 bits per heavy atom. The molecule has 0 saturated heterocycles. The number of hydrogen-bond donors (Lipinski definition) is 1. The Morgan fingerprint density at radius 1 is 0.923 bits per heavy atom. The highest BCUT2D eigenvalue weighted by Crippen LogP contribution is 2.17. The van der Waals surface area contributed by atoms with Crippen molar-refractivity contribution >= 4 is 39.7 Å². The minimum atomic E-state index is -0.0744. The Labute approximate surface area is 160 Å². The molecule has 0 aliphatic carbocycles. The minimum Gasteiger partial charge on any atom is -0.508 e. The number of nitrogens with zero attached hydrogens (tertiary/aromatic N) is 1. The molecule has 0 aliphatic rings. The van der Waals surface area contributed by atoms with E-state index < -0.39 is 0 Å². The predicted octanol–water partition coefficient (Wildman–Crippen LogP) is 5.80. The molecule has 0 bridgehead atoms. The standard InChI is InChI=1S/C22H16BrNO2/c23-19-9-4-16(5-10-19)8-13-22(26)18-2-1-3-20(14-18)24-15-17-6-11-21(25)12-7-17/h1-15,25H/b13-8+,24-15?. The fourth-order valence-electron chi connectivity index (χ4n) is 2.29. The van der Waals surface area contributed by atoms with E-state index in [0.29, 0.717) is 11.3 Å². The van der Waals surface area contributed by atoms with Gasteiger partial charge in [0.1, 0.15) is 5.75 Å². The van der Waals surface area contributed by atoms with Gasteiger partial charge in [-0.25, -0.2) is 0 Å². The lowest BCUT2D eigenvalue weighted by Gasteiger charge is -1.99. The second-order valence-electron chi connectivity index (χ2n) is 5.65. The zero-order valence-electron chi connectivity index (χ0n) is 13.8. The molecular weight excluding hydrogens is 390 g/mol. The predicted molar refractivity (Wildman–Crippen MR) is 109 cm³/mol. The van der Waals surface area contributed by atoms with E-state index in [-0.39, 0.29) is 11.5 Å². The lowest BCUT2D eigenvalue weighted by atomic mass is 10.1. The number of rotatable bonds is 5. The zero-order valence-corrected chi connectivity index (χ0v) is 15.4. The van der Waals surface area contributed by atoms with Gasteiger partial charge in [-0.15, -0.1) is 0 Å². The highest BCUT2D eigenvalue weighted by molar-refractivity contribution is 9.10. The minimum absolute atomic E-state index is 0.0744. The highest BCUT2D eigenvalue weighted by Gasteiger charge is 2.02. The van der Waals surface area contributed by atoms with E-state index >= 15 is 0 Å². The van der Waals surface area contributed by atoms with Crippen molar-refractivity contribution in [1.29, 1.82) is 0 Å². The summed E-state index contributed by atoms with van der Waals surface area (Å²) >= 11 is 3.39. The van der Waals surface area contributed by atoms with E-state index in [2.05, 4.69) is 20.9 Å². The molecule has 0 fully saturated rings. The molecule has 128 valence electrons. The Kier molecular flexibility index (Phi) is 5.77. The molecule has 3 aromatic carbocycles. The van der Waals surface area contributed by atoms with Crippen molar-refractivity contribution in [1.82, 2.24) is 0 Å². The summed E-state index contributed by atoms with van der Waals surface area (Å²) in [4.78, 5) is 16.8. The molecule has 3 nitrogen and oxygen atoms in total. The largest absolute Gasteiger partial charge is 0.508 e. The lowest BCUT2D eigenvalue weighted by molar-refractivity contribution is 0.104. The van der Waals surface area contributed by atoms with Gasteiger partial charge < -0.3 is 5.11 Å². The fraction of sp³-hybridized carbons (Fsp3) is 0. The van der Waals surface area contributed by atoms with E-state index in [1.807, 2.05) is 36.4 Å². The van der Waals surface area contributed by atoms with Crippen molar-refractivity contribution < 1.29 is 9.90 Å². The van der Waals surface area contributed by atoms with Crippen molar-refractivity contribution in [2.75, 3.05) is 0 Å². The Morgan fingerprint density at radius 2 is 1.62 bits per heavy atom. The van der Waals surface area contributed by atoms with E-state index in [9.17, 15) is 9.90 Å². The molecule has 0 aromatic heterocycles. The molecule has 0 saturated carbocycles. The summed E-state index contributed by atoms with van der Waals surface area (Å²) in [5.41, 5.74) is 3.11. The van der Waals surface area contributed by atoms with Gasteiger partial charge in [0.25, 0.3) is 0 Å². The van der Waals surface area contributed by atoms with Crippen LogP contribution < -0.4 is 0 Å².